The first-order valence-corrected chi connectivity index (χ1v) is 10.3. The Hall–Kier alpha value is -2.55. The minimum Gasteiger partial charge on any atom is -0.308 e. The number of carbonyl (C=O) groups excluding carboxylic acids is 1. The zero-order valence-corrected chi connectivity index (χ0v) is 16.2. The number of alkyl halides is 3. The lowest BCUT2D eigenvalue weighted by Crippen LogP contribution is -2.21. The van der Waals surface area contributed by atoms with Gasteiger partial charge < -0.3 is 10.6 Å². The quantitative estimate of drug-likeness (QED) is 0.691. The van der Waals surface area contributed by atoms with Gasteiger partial charge in [-0.25, -0.2) is 13.2 Å². The van der Waals surface area contributed by atoms with Crippen LogP contribution in [0.5, 0.6) is 0 Å². The summed E-state index contributed by atoms with van der Waals surface area (Å²) in [4.78, 5) is 12.3. The Morgan fingerprint density at radius 1 is 1.04 bits per heavy atom. The Balaban J connectivity index is 2.24. The second-order valence-corrected chi connectivity index (χ2v) is 8.26. The highest BCUT2D eigenvalue weighted by Gasteiger charge is 2.30. The highest BCUT2D eigenvalue weighted by molar-refractivity contribution is 7.91. The number of sulfone groups is 1. The van der Waals surface area contributed by atoms with Crippen LogP contribution in [-0.2, 0) is 22.4 Å². The van der Waals surface area contributed by atoms with E-state index in [1.54, 1.807) is 13.0 Å². The molecule has 0 fully saturated rings. The van der Waals surface area contributed by atoms with Gasteiger partial charge in [0.1, 0.15) is 0 Å². The van der Waals surface area contributed by atoms with E-state index in [0.717, 1.165) is 12.1 Å². The molecule has 0 atom stereocenters. The zero-order valence-electron chi connectivity index (χ0n) is 15.4. The van der Waals surface area contributed by atoms with Crippen molar-refractivity contribution in [1.29, 1.82) is 0 Å². The third kappa shape index (κ3) is 5.48. The summed E-state index contributed by atoms with van der Waals surface area (Å²) in [5.41, 5.74) is 0.0890. The Bertz CT molecular complexity index is 957. The minimum atomic E-state index is -4.52. The van der Waals surface area contributed by atoms with E-state index < -0.39 is 27.6 Å². The molecule has 152 valence electrons. The van der Waals surface area contributed by atoms with Crippen molar-refractivity contribution < 1.29 is 26.4 Å². The van der Waals surface area contributed by atoms with E-state index in [4.69, 9.17) is 0 Å². The highest BCUT2D eigenvalue weighted by Crippen LogP contribution is 2.30. The summed E-state index contributed by atoms with van der Waals surface area (Å²) in [6, 6.07) is 7.95. The largest absolute Gasteiger partial charge is 0.416 e. The maximum Gasteiger partial charge on any atom is 0.416 e. The predicted octanol–water partition coefficient (Wildman–Crippen LogP) is 5.10. The van der Waals surface area contributed by atoms with Crippen LogP contribution in [0.4, 0.5) is 29.3 Å². The first-order chi connectivity index (χ1) is 13.1. The van der Waals surface area contributed by atoms with Crippen molar-refractivity contribution in [2.24, 2.45) is 0 Å². The van der Waals surface area contributed by atoms with Crippen molar-refractivity contribution in [3.8, 4) is 0 Å². The summed E-state index contributed by atoms with van der Waals surface area (Å²) in [5, 5.41) is 4.87. The van der Waals surface area contributed by atoms with E-state index in [9.17, 15) is 26.4 Å². The fourth-order valence-corrected chi connectivity index (χ4v) is 3.96. The van der Waals surface area contributed by atoms with Crippen LogP contribution in [0.2, 0.25) is 0 Å². The molecular weight excluding hydrogens is 393 g/mol. The minimum absolute atomic E-state index is 0.0195. The number of rotatable bonds is 6. The van der Waals surface area contributed by atoms with Gasteiger partial charge in [-0.2, -0.15) is 13.2 Å². The fraction of sp³-hybridized carbons (Fsp3) is 0.316. The molecule has 9 heteroatoms. The third-order valence-electron chi connectivity index (χ3n) is 3.99. The van der Waals surface area contributed by atoms with E-state index in [1.807, 2.05) is 6.92 Å². The van der Waals surface area contributed by atoms with Crippen LogP contribution >= 0.6 is 0 Å². The number of halogens is 3. The number of carbonyl (C=O) groups is 1. The van der Waals surface area contributed by atoms with Crippen LogP contribution in [0.3, 0.4) is 0 Å². The van der Waals surface area contributed by atoms with Crippen LogP contribution in [0, 0.1) is 0 Å². The van der Waals surface area contributed by atoms with Crippen molar-refractivity contribution in [1.82, 2.24) is 0 Å². The summed E-state index contributed by atoms with van der Waals surface area (Å²) < 4.78 is 62.9. The molecule has 0 aromatic heterocycles. The molecule has 0 unspecified atom stereocenters. The Morgan fingerprint density at radius 2 is 1.75 bits per heavy atom. The average Bonchev–Trinajstić information content (AvgIpc) is 2.61. The number of nitrogens with one attached hydrogen (secondary N) is 2. The zero-order chi connectivity index (χ0) is 20.9. The van der Waals surface area contributed by atoms with Gasteiger partial charge in [-0.15, -0.1) is 0 Å². The Morgan fingerprint density at radius 3 is 2.36 bits per heavy atom. The molecular formula is C19H21F3N2O3S. The molecule has 0 radical (unpaired) electrons. The van der Waals surface area contributed by atoms with Crippen molar-refractivity contribution >= 4 is 27.2 Å². The van der Waals surface area contributed by atoms with Gasteiger partial charge in [-0.3, -0.25) is 0 Å². The van der Waals surface area contributed by atoms with Crippen LogP contribution in [0.25, 0.3) is 0 Å². The van der Waals surface area contributed by atoms with E-state index in [1.165, 1.54) is 24.3 Å². The van der Waals surface area contributed by atoms with E-state index >= 15 is 0 Å². The normalized spacial score (nSPS) is 11.9. The second kappa shape index (κ2) is 8.64. The second-order valence-electron chi connectivity index (χ2n) is 6.15. The highest BCUT2D eigenvalue weighted by atomic mass is 32.2. The number of hydrogen-bond donors (Lipinski definition) is 2. The van der Waals surface area contributed by atoms with Gasteiger partial charge in [0.25, 0.3) is 0 Å². The van der Waals surface area contributed by atoms with Gasteiger partial charge >= 0.3 is 12.2 Å². The van der Waals surface area contributed by atoms with E-state index in [2.05, 4.69) is 10.6 Å². The molecule has 0 saturated heterocycles. The van der Waals surface area contributed by atoms with Crippen LogP contribution in [-0.4, -0.2) is 20.2 Å². The van der Waals surface area contributed by atoms with E-state index in [0.29, 0.717) is 24.1 Å². The van der Waals surface area contributed by atoms with Crippen molar-refractivity contribution in [2.45, 2.75) is 37.8 Å². The van der Waals surface area contributed by atoms with Crippen LogP contribution in [0.1, 0.15) is 31.4 Å². The average molecular weight is 414 g/mol. The first kappa shape index (κ1) is 21.7. The lowest BCUT2D eigenvalue weighted by molar-refractivity contribution is -0.137. The van der Waals surface area contributed by atoms with Gasteiger partial charge in [-0.05, 0) is 48.7 Å². The third-order valence-corrected chi connectivity index (χ3v) is 5.91. The maximum absolute atomic E-state index is 12.8. The summed E-state index contributed by atoms with van der Waals surface area (Å²) in [6.45, 7) is 3.59. The van der Waals surface area contributed by atoms with Crippen LogP contribution < -0.4 is 10.6 Å². The molecule has 0 heterocycles. The standard InChI is InChI=1S/C19H21F3N2O3S/c1-3-10-28(26,27)16-9-8-13(4-2)17(12-16)24-18(25)23-15-7-5-6-14(11-15)19(20,21)22/h5-9,11-12H,3-4,10H2,1-2H3,(H2,23,24,25). The molecule has 28 heavy (non-hydrogen) atoms. The van der Waals surface area contributed by atoms with Gasteiger partial charge in [0.05, 0.1) is 16.2 Å². The summed E-state index contributed by atoms with van der Waals surface area (Å²) >= 11 is 0. The number of aryl methyl sites for hydroxylation is 1. The van der Waals surface area contributed by atoms with Gasteiger partial charge in [0, 0.05) is 11.4 Å². The Kier molecular flexibility index (Phi) is 6.71. The van der Waals surface area contributed by atoms with Crippen molar-refractivity contribution in [2.75, 3.05) is 16.4 Å². The number of hydrogen-bond acceptors (Lipinski definition) is 3. The summed E-state index contributed by atoms with van der Waals surface area (Å²) in [6.07, 6.45) is -3.53. The molecule has 0 aliphatic heterocycles. The molecule has 2 amide bonds. The molecule has 0 aliphatic rings. The smallest absolute Gasteiger partial charge is 0.308 e. The molecule has 5 nitrogen and oxygen atoms in total. The van der Waals surface area contributed by atoms with Crippen molar-refractivity contribution in [3.05, 3.63) is 53.6 Å². The number of urea groups is 1. The molecule has 2 N–H and O–H groups in total. The SMILES string of the molecule is CCCS(=O)(=O)c1ccc(CC)c(NC(=O)Nc2cccc(C(F)(F)F)c2)c1. The molecule has 2 aromatic rings. The van der Waals surface area contributed by atoms with Gasteiger partial charge in [-0.1, -0.05) is 26.0 Å². The first-order valence-electron chi connectivity index (χ1n) is 8.67. The molecule has 0 saturated carbocycles. The van der Waals surface area contributed by atoms with Gasteiger partial charge in [0.15, 0.2) is 9.84 Å². The Labute approximate surface area is 161 Å². The maximum atomic E-state index is 12.8. The molecule has 0 aliphatic carbocycles. The summed E-state index contributed by atoms with van der Waals surface area (Å²) in [7, 11) is -3.47. The predicted molar refractivity (Wildman–Crippen MR) is 102 cm³/mol. The summed E-state index contributed by atoms with van der Waals surface area (Å²) in [5.74, 6) is -0.0195. The van der Waals surface area contributed by atoms with Gasteiger partial charge in [0.2, 0.25) is 0 Å². The lowest BCUT2D eigenvalue weighted by Gasteiger charge is -2.14. The monoisotopic (exact) mass is 414 g/mol. The van der Waals surface area contributed by atoms with Crippen LogP contribution in [0.15, 0.2) is 47.4 Å². The molecule has 0 bridgehead atoms. The lowest BCUT2D eigenvalue weighted by atomic mass is 10.1. The number of benzene rings is 2. The number of amides is 2. The van der Waals surface area contributed by atoms with Crippen molar-refractivity contribution in [3.63, 3.8) is 0 Å². The topological polar surface area (TPSA) is 75.3 Å². The number of anilines is 2. The molecule has 0 spiro atoms. The molecule has 2 rings (SSSR count). The fourth-order valence-electron chi connectivity index (χ4n) is 2.62. The molecule has 2 aromatic carbocycles. The van der Waals surface area contributed by atoms with E-state index in [-0.39, 0.29) is 16.3 Å².